The highest BCUT2D eigenvalue weighted by Crippen LogP contribution is 2.39. The Morgan fingerprint density at radius 2 is 2.12 bits per heavy atom. The van der Waals surface area contributed by atoms with Gasteiger partial charge in [0.2, 0.25) is 0 Å². The summed E-state index contributed by atoms with van der Waals surface area (Å²) in [4.78, 5) is 3.57. The molecule has 0 atom stereocenters. The molecule has 0 bridgehead atoms. The van der Waals surface area contributed by atoms with Gasteiger partial charge in [-0.1, -0.05) is 11.2 Å². The molecule has 9 heteroatoms. The van der Waals surface area contributed by atoms with Crippen LogP contribution in [0.4, 0.5) is 11.5 Å². The molecule has 0 amide bonds. The first-order chi connectivity index (χ1) is 15.7. The average Bonchev–Trinajstić information content (AvgIpc) is 3.40. The molecule has 8 nitrogen and oxygen atoms in total. The van der Waals surface area contributed by atoms with Gasteiger partial charge < -0.3 is 24.2 Å². The number of ether oxygens (including phenoxy) is 1. The first kappa shape index (κ1) is 19.5. The molecule has 32 heavy (non-hydrogen) atoms. The summed E-state index contributed by atoms with van der Waals surface area (Å²) < 4.78 is 16.5. The number of rotatable bonds is 7. The summed E-state index contributed by atoms with van der Waals surface area (Å²) in [6.07, 6.45) is 3.70. The van der Waals surface area contributed by atoms with Gasteiger partial charge >= 0.3 is 0 Å². The zero-order chi connectivity index (χ0) is 21.5. The van der Waals surface area contributed by atoms with Crippen molar-refractivity contribution in [1.29, 1.82) is 0 Å². The van der Waals surface area contributed by atoms with E-state index in [0.717, 1.165) is 47.8 Å². The number of fused-ring (bicyclic) bond motifs is 1. The first-order valence-electron chi connectivity index (χ1n) is 10.6. The van der Waals surface area contributed by atoms with Gasteiger partial charge in [-0.05, 0) is 53.9 Å². The van der Waals surface area contributed by atoms with Crippen molar-refractivity contribution in [2.24, 2.45) is 5.41 Å². The van der Waals surface area contributed by atoms with Gasteiger partial charge in [-0.2, -0.15) is 5.10 Å². The molecule has 0 radical (unpaired) electrons. The zero-order valence-electron chi connectivity index (χ0n) is 17.7. The van der Waals surface area contributed by atoms with Crippen LogP contribution in [0.5, 0.6) is 5.75 Å². The summed E-state index contributed by atoms with van der Waals surface area (Å²) >= 11 is 1.52. The largest absolute Gasteiger partial charge is 0.496 e. The van der Waals surface area contributed by atoms with Crippen molar-refractivity contribution in [2.75, 3.05) is 42.9 Å². The minimum Gasteiger partial charge on any atom is -0.496 e. The van der Waals surface area contributed by atoms with E-state index < -0.39 is 0 Å². The molecule has 2 aromatic heterocycles. The summed E-state index contributed by atoms with van der Waals surface area (Å²) in [5.74, 6) is 1.38. The van der Waals surface area contributed by atoms with Crippen LogP contribution in [0.25, 0.3) is 11.0 Å². The monoisotopic (exact) mass is 448 g/mol. The summed E-state index contributed by atoms with van der Waals surface area (Å²) in [7, 11) is 1.66. The van der Waals surface area contributed by atoms with Crippen LogP contribution < -0.4 is 19.7 Å². The second-order valence-electron chi connectivity index (χ2n) is 8.57. The van der Waals surface area contributed by atoms with E-state index in [1.54, 1.807) is 13.3 Å². The molecule has 164 valence electrons. The van der Waals surface area contributed by atoms with Crippen molar-refractivity contribution in [2.45, 2.75) is 11.4 Å². The van der Waals surface area contributed by atoms with E-state index in [-0.39, 0.29) is 0 Å². The number of hydrogen-bond acceptors (Lipinski definition) is 8. The second kappa shape index (κ2) is 7.75. The molecule has 2 N–H and O–H groups in total. The fourth-order valence-corrected chi connectivity index (χ4v) is 5.17. The molecule has 1 spiro atoms. The Morgan fingerprint density at radius 1 is 1.22 bits per heavy atom. The number of aromatic nitrogens is 3. The zero-order valence-corrected chi connectivity index (χ0v) is 18.6. The lowest BCUT2D eigenvalue weighted by Crippen LogP contribution is -2.71. The van der Waals surface area contributed by atoms with Gasteiger partial charge in [-0.25, -0.2) is 0 Å². The fraction of sp³-hybridized carbons (Fsp3) is 0.304. The average molecular weight is 449 g/mol. The lowest BCUT2D eigenvalue weighted by atomic mass is 9.74. The molecular weight excluding hydrogens is 424 g/mol. The SMILES string of the molecule is COc1cc(Cn2cccn2)cc2onc(NSc3cccc(N4CC5(CNC5)C4)c3)c12. The Labute approximate surface area is 190 Å². The normalized spacial score (nSPS) is 16.7. The van der Waals surface area contributed by atoms with Crippen molar-refractivity contribution in [3.05, 3.63) is 60.4 Å². The van der Waals surface area contributed by atoms with Gasteiger partial charge in [0.05, 0.1) is 13.7 Å². The highest BCUT2D eigenvalue weighted by Gasteiger charge is 2.47. The molecule has 4 heterocycles. The number of hydrogen-bond donors (Lipinski definition) is 2. The van der Waals surface area contributed by atoms with Crippen LogP contribution in [0.15, 0.2) is 64.3 Å². The molecule has 4 aromatic rings. The van der Waals surface area contributed by atoms with E-state index in [2.05, 4.69) is 49.5 Å². The van der Waals surface area contributed by atoms with Crippen LogP contribution in [-0.2, 0) is 6.54 Å². The van der Waals surface area contributed by atoms with Crippen LogP contribution in [0, 0.1) is 5.41 Å². The first-order valence-corrected chi connectivity index (χ1v) is 11.5. The van der Waals surface area contributed by atoms with Gasteiger partial charge in [-0.3, -0.25) is 4.68 Å². The maximum Gasteiger partial charge on any atom is 0.191 e. The van der Waals surface area contributed by atoms with Gasteiger partial charge in [0.15, 0.2) is 11.4 Å². The Morgan fingerprint density at radius 3 is 2.88 bits per heavy atom. The summed E-state index contributed by atoms with van der Waals surface area (Å²) in [5.41, 5.74) is 3.49. The maximum atomic E-state index is 5.66. The number of anilines is 2. The summed E-state index contributed by atoms with van der Waals surface area (Å²) in [5, 5.41) is 12.7. The predicted octanol–water partition coefficient (Wildman–Crippen LogP) is 3.61. The molecule has 2 saturated heterocycles. The molecular formula is C23H24N6O2S. The number of nitrogens with zero attached hydrogens (tertiary/aromatic N) is 4. The molecule has 2 fully saturated rings. The third kappa shape index (κ3) is 3.47. The molecule has 6 rings (SSSR count). The van der Waals surface area contributed by atoms with Gasteiger partial charge in [0.1, 0.15) is 11.1 Å². The molecule has 2 aromatic carbocycles. The van der Waals surface area contributed by atoms with Gasteiger partial charge in [0.25, 0.3) is 0 Å². The Kier molecular flexibility index (Phi) is 4.73. The van der Waals surface area contributed by atoms with E-state index in [4.69, 9.17) is 9.26 Å². The minimum atomic E-state index is 0.508. The van der Waals surface area contributed by atoms with E-state index in [1.165, 1.54) is 17.6 Å². The van der Waals surface area contributed by atoms with Crippen molar-refractivity contribution < 1.29 is 9.26 Å². The van der Waals surface area contributed by atoms with Crippen LogP contribution in [0.2, 0.25) is 0 Å². The third-order valence-corrected chi connectivity index (χ3v) is 7.01. The highest BCUT2D eigenvalue weighted by molar-refractivity contribution is 8.00. The van der Waals surface area contributed by atoms with Crippen LogP contribution >= 0.6 is 11.9 Å². The number of methoxy groups -OCH3 is 1. The lowest BCUT2D eigenvalue weighted by Gasteiger charge is -2.57. The molecule has 0 saturated carbocycles. The Balaban J connectivity index is 1.18. The van der Waals surface area contributed by atoms with E-state index in [9.17, 15) is 0 Å². The summed E-state index contributed by atoms with van der Waals surface area (Å²) in [6, 6.07) is 14.5. The van der Waals surface area contributed by atoms with Crippen LogP contribution in [-0.4, -0.2) is 48.2 Å². The molecule has 0 aliphatic carbocycles. The van der Waals surface area contributed by atoms with E-state index in [0.29, 0.717) is 23.4 Å². The minimum absolute atomic E-state index is 0.508. The van der Waals surface area contributed by atoms with E-state index >= 15 is 0 Å². The third-order valence-electron chi connectivity index (χ3n) is 6.22. The van der Waals surface area contributed by atoms with Crippen molar-refractivity contribution in [3.8, 4) is 5.75 Å². The standard InChI is InChI=1S/C23H24N6O2S/c1-30-19-8-16(11-29-7-3-6-25-29)9-20-21(19)22(26-31-20)27-32-18-5-2-4-17(10-18)28-14-23(15-28)12-24-13-23/h2-10,24H,11-15H2,1H3,(H,26,27). The topological polar surface area (TPSA) is 80.4 Å². The van der Waals surface area contributed by atoms with Crippen LogP contribution in [0.3, 0.4) is 0 Å². The molecule has 2 aliphatic rings. The fourth-order valence-electron chi connectivity index (χ4n) is 4.49. The summed E-state index contributed by atoms with van der Waals surface area (Å²) in [6.45, 7) is 5.19. The smallest absolute Gasteiger partial charge is 0.191 e. The highest BCUT2D eigenvalue weighted by atomic mass is 32.2. The lowest BCUT2D eigenvalue weighted by molar-refractivity contribution is 0.121. The number of nitrogens with one attached hydrogen (secondary N) is 2. The van der Waals surface area contributed by atoms with Crippen LogP contribution in [0.1, 0.15) is 5.56 Å². The number of benzene rings is 2. The van der Waals surface area contributed by atoms with E-state index in [1.807, 2.05) is 29.1 Å². The van der Waals surface area contributed by atoms with Gasteiger partial charge in [0, 0.05) is 54.6 Å². The Hall–Kier alpha value is -3.17. The predicted molar refractivity (Wildman–Crippen MR) is 125 cm³/mol. The quantitative estimate of drug-likeness (QED) is 0.415. The molecule has 0 unspecified atom stereocenters. The Bertz CT molecular complexity index is 1240. The van der Waals surface area contributed by atoms with Crippen molar-refractivity contribution >= 4 is 34.4 Å². The maximum absolute atomic E-state index is 5.66. The second-order valence-corrected chi connectivity index (χ2v) is 9.45. The van der Waals surface area contributed by atoms with Crippen molar-refractivity contribution in [3.63, 3.8) is 0 Å². The molecule has 2 aliphatic heterocycles. The van der Waals surface area contributed by atoms with Crippen molar-refractivity contribution in [1.82, 2.24) is 20.3 Å². The van der Waals surface area contributed by atoms with Gasteiger partial charge in [-0.15, -0.1) is 0 Å².